The molecule has 2 atom stereocenters. The molecular formula is C7H13NO6. The highest BCUT2D eigenvalue weighted by Crippen LogP contribution is 2.13. The molecule has 0 unspecified atom stereocenters. The smallest absolute Gasteiger partial charge is 0.335 e. The van der Waals surface area contributed by atoms with E-state index in [0.29, 0.717) is 6.04 Å². The second-order valence-corrected chi connectivity index (χ2v) is 2.90. The Labute approximate surface area is 79.8 Å². The van der Waals surface area contributed by atoms with Crippen LogP contribution < -0.4 is 5.73 Å². The first-order valence-electron chi connectivity index (χ1n) is 3.93. The van der Waals surface area contributed by atoms with Crippen molar-refractivity contribution in [2.75, 3.05) is 0 Å². The second kappa shape index (κ2) is 5.53. The van der Waals surface area contributed by atoms with E-state index in [-0.39, 0.29) is 0 Å². The van der Waals surface area contributed by atoms with Gasteiger partial charge in [0.05, 0.1) is 0 Å². The number of aliphatic carboxylic acids is 2. The average molecular weight is 207 g/mol. The summed E-state index contributed by atoms with van der Waals surface area (Å²) < 4.78 is 0. The molecule has 1 aliphatic rings. The molecule has 82 valence electrons. The maximum Gasteiger partial charge on any atom is 0.335 e. The van der Waals surface area contributed by atoms with E-state index in [9.17, 15) is 9.59 Å². The summed E-state index contributed by atoms with van der Waals surface area (Å²) >= 11 is 0. The molecule has 7 nitrogen and oxygen atoms in total. The summed E-state index contributed by atoms with van der Waals surface area (Å²) in [6.45, 7) is 0. The van der Waals surface area contributed by atoms with Crippen molar-refractivity contribution >= 4 is 11.9 Å². The summed E-state index contributed by atoms with van der Waals surface area (Å²) in [6, 6.07) is 0.583. The Kier molecular flexibility index (Phi) is 5.06. The summed E-state index contributed by atoms with van der Waals surface area (Å²) in [5.74, 6) is -3.54. The van der Waals surface area contributed by atoms with Gasteiger partial charge in [0.1, 0.15) is 0 Å². The van der Waals surface area contributed by atoms with Crippen LogP contribution in [-0.4, -0.2) is 50.6 Å². The predicted octanol–water partition coefficient (Wildman–Crippen LogP) is -2.02. The molecule has 0 amide bonds. The predicted molar refractivity (Wildman–Crippen MR) is 44.5 cm³/mol. The Bertz CT molecular complexity index is 196. The topological polar surface area (TPSA) is 141 Å². The van der Waals surface area contributed by atoms with Crippen LogP contribution in [0.15, 0.2) is 0 Å². The Morgan fingerprint density at radius 1 is 1.07 bits per heavy atom. The Morgan fingerprint density at radius 3 is 1.36 bits per heavy atom. The zero-order valence-electron chi connectivity index (χ0n) is 7.33. The molecule has 6 N–H and O–H groups in total. The van der Waals surface area contributed by atoms with Crippen molar-refractivity contribution in [3.63, 3.8) is 0 Å². The van der Waals surface area contributed by atoms with Crippen LogP contribution in [0.5, 0.6) is 0 Å². The van der Waals surface area contributed by atoms with Crippen LogP contribution in [-0.2, 0) is 9.59 Å². The van der Waals surface area contributed by atoms with Crippen LogP contribution in [0.2, 0.25) is 0 Å². The van der Waals surface area contributed by atoms with E-state index in [1.165, 1.54) is 12.8 Å². The van der Waals surface area contributed by atoms with Crippen LogP contribution in [0.1, 0.15) is 12.8 Å². The van der Waals surface area contributed by atoms with Gasteiger partial charge in [-0.3, -0.25) is 0 Å². The van der Waals surface area contributed by atoms with Crippen molar-refractivity contribution < 1.29 is 30.0 Å². The van der Waals surface area contributed by atoms with Gasteiger partial charge in [0.15, 0.2) is 12.2 Å². The number of hydrogen-bond donors (Lipinski definition) is 5. The molecule has 0 spiro atoms. The zero-order chi connectivity index (χ0) is 11.3. The fraction of sp³-hybridized carbons (Fsp3) is 0.714. The van der Waals surface area contributed by atoms with Crippen molar-refractivity contribution in [2.45, 2.75) is 31.1 Å². The molecule has 1 fully saturated rings. The third-order valence-corrected chi connectivity index (χ3v) is 1.43. The third-order valence-electron chi connectivity index (χ3n) is 1.43. The zero-order valence-corrected chi connectivity index (χ0v) is 7.33. The van der Waals surface area contributed by atoms with Gasteiger partial charge in [-0.1, -0.05) is 0 Å². The van der Waals surface area contributed by atoms with Crippen LogP contribution in [0.25, 0.3) is 0 Å². The molecule has 0 aromatic heterocycles. The number of aliphatic hydroxyl groups excluding tert-OH is 2. The Hall–Kier alpha value is -1.18. The van der Waals surface area contributed by atoms with Crippen molar-refractivity contribution in [1.29, 1.82) is 0 Å². The minimum Gasteiger partial charge on any atom is -0.479 e. The molecule has 1 aliphatic carbocycles. The molecule has 0 bridgehead atoms. The van der Waals surface area contributed by atoms with Crippen molar-refractivity contribution in [2.24, 2.45) is 5.73 Å². The lowest BCUT2D eigenvalue weighted by molar-refractivity contribution is -0.165. The van der Waals surface area contributed by atoms with E-state index in [0.717, 1.165) is 0 Å². The lowest BCUT2D eigenvalue weighted by Gasteiger charge is -2.07. The third kappa shape index (κ3) is 5.46. The molecule has 0 radical (unpaired) electrons. The van der Waals surface area contributed by atoms with E-state index in [4.69, 9.17) is 26.2 Å². The van der Waals surface area contributed by atoms with Crippen molar-refractivity contribution in [3.8, 4) is 0 Å². The Balaban J connectivity index is 0.000000344. The maximum atomic E-state index is 9.77. The van der Waals surface area contributed by atoms with E-state index in [2.05, 4.69) is 0 Å². The average Bonchev–Trinajstić information content (AvgIpc) is 2.85. The van der Waals surface area contributed by atoms with Gasteiger partial charge in [0.2, 0.25) is 0 Å². The molecule has 0 heterocycles. The van der Waals surface area contributed by atoms with E-state index >= 15 is 0 Å². The van der Waals surface area contributed by atoms with Gasteiger partial charge in [0, 0.05) is 6.04 Å². The first-order valence-corrected chi connectivity index (χ1v) is 3.93. The summed E-state index contributed by atoms with van der Waals surface area (Å²) in [6.07, 6.45) is -2.00. The monoisotopic (exact) mass is 207 g/mol. The minimum absolute atomic E-state index is 0.583. The lowest BCUT2D eigenvalue weighted by Crippen LogP contribution is -2.39. The van der Waals surface area contributed by atoms with Gasteiger partial charge in [-0.15, -0.1) is 0 Å². The SMILES string of the molecule is NC1CC1.O=C(O)[C@H](O)[C@@H](O)C(=O)O. The summed E-state index contributed by atoms with van der Waals surface area (Å²) in [5, 5.41) is 32.5. The summed E-state index contributed by atoms with van der Waals surface area (Å²) in [7, 11) is 0. The highest BCUT2D eigenvalue weighted by atomic mass is 16.4. The first kappa shape index (κ1) is 12.8. The van der Waals surface area contributed by atoms with Gasteiger partial charge in [-0.2, -0.15) is 0 Å². The molecule has 0 aliphatic heterocycles. The van der Waals surface area contributed by atoms with Crippen LogP contribution in [0.4, 0.5) is 0 Å². The van der Waals surface area contributed by atoms with Crippen LogP contribution in [0.3, 0.4) is 0 Å². The van der Waals surface area contributed by atoms with Crippen LogP contribution in [0, 0.1) is 0 Å². The lowest BCUT2D eigenvalue weighted by atomic mass is 10.2. The standard InChI is InChI=1S/C4H6O6.C3H7N/c5-1(3(7)8)2(6)4(9)10;4-3-1-2-3/h1-2,5-6H,(H,7,8)(H,9,10);3H,1-2,4H2/t1-,2-;/m1./s1. The normalized spacial score (nSPS) is 18.8. The number of hydrogen-bond acceptors (Lipinski definition) is 5. The number of carbonyl (C=O) groups is 2. The molecule has 1 saturated carbocycles. The number of nitrogens with two attached hydrogens (primary N) is 1. The van der Waals surface area contributed by atoms with Crippen molar-refractivity contribution in [3.05, 3.63) is 0 Å². The van der Waals surface area contributed by atoms with Gasteiger partial charge < -0.3 is 26.2 Å². The second-order valence-electron chi connectivity index (χ2n) is 2.90. The quantitative estimate of drug-likeness (QED) is 0.359. The van der Waals surface area contributed by atoms with E-state index in [1.54, 1.807) is 0 Å². The van der Waals surface area contributed by atoms with E-state index < -0.39 is 24.1 Å². The van der Waals surface area contributed by atoms with Gasteiger partial charge >= 0.3 is 11.9 Å². The van der Waals surface area contributed by atoms with Gasteiger partial charge in [0.25, 0.3) is 0 Å². The molecule has 0 aromatic rings. The van der Waals surface area contributed by atoms with Gasteiger partial charge in [-0.25, -0.2) is 9.59 Å². The fourth-order valence-corrected chi connectivity index (χ4v) is 0.366. The van der Waals surface area contributed by atoms with Gasteiger partial charge in [-0.05, 0) is 12.8 Å². The maximum absolute atomic E-state index is 9.77. The number of aliphatic hydroxyl groups is 2. The summed E-state index contributed by atoms with van der Waals surface area (Å²) in [5.41, 5.74) is 5.22. The van der Waals surface area contributed by atoms with Crippen molar-refractivity contribution in [1.82, 2.24) is 0 Å². The largest absolute Gasteiger partial charge is 0.479 e. The Morgan fingerprint density at radius 2 is 1.29 bits per heavy atom. The summed E-state index contributed by atoms with van der Waals surface area (Å²) in [4.78, 5) is 19.5. The molecular weight excluding hydrogens is 194 g/mol. The van der Waals surface area contributed by atoms with Crippen LogP contribution >= 0.6 is 0 Å². The molecule has 7 heteroatoms. The molecule has 0 saturated heterocycles. The number of rotatable bonds is 3. The number of carboxylic acid groups (broad SMARTS) is 2. The molecule has 0 aromatic carbocycles. The first-order chi connectivity index (χ1) is 6.36. The number of carboxylic acids is 2. The fourth-order valence-electron chi connectivity index (χ4n) is 0.366. The minimum atomic E-state index is -2.27. The van der Waals surface area contributed by atoms with E-state index in [1.807, 2.05) is 0 Å². The highest BCUT2D eigenvalue weighted by Gasteiger charge is 2.29. The highest BCUT2D eigenvalue weighted by molar-refractivity contribution is 5.83. The molecule has 1 rings (SSSR count). The molecule has 14 heavy (non-hydrogen) atoms.